The van der Waals surface area contributed by atoms with Gasteiger partial charge in [-0.15, -0.1) is 0 Å². The predicted octanol–water partition coefficient (Wildman–Crippen LogP) is 0.616. The van der Waals surface area contributed by atoms with Crippen LogP contribution < -0.4 is 5.32 Å². The second-order valence-corrected chi connectivity index (χ2v) is 5.15. The Labute approximate surface area is 113 Å². The molecule has 0 radical (unpaired) electrons. The van der Waals surface area contributed by atoms with Crippen molar-refractivity contribution < 1.29 is 19.5 Å². The Hall–Kier alpha value is -1.59. The van der Waals surface area contributed by atoms with Crippen LogP contribution in [-0.2, 0) is 14.4 Å². The van der Waals surface area contributed by atoms with Crippen molar-refractivity contribution in [1.82, 2.24) is 10.2 Å². The van der Waals surface area contributed by atoms with Crippen LogP contribution in [-0.4, -0.2) is 47.9 Å². The lowest BCUT2D eigenvalue weighted by Gasteiger charge is -2.23. The first-order chi connectivity index (χ1) is 8.91. The molecule has 0 aromatic heterocycles. The first-order valence-corrected chi connectivity index (χ1v) is 6.65. The number of likely N-dealkylation sites (N-methyl/N-ethyl adjacent to an activating group) is 1. The third-order valence-corrected chi connectivity index (χ3v) is 3.85. The number of amides is 2. The van der Waals surface area contributed by atoms with E-state index >= 15 is 0 Å². The lowest BCUT2D eigenvalue weighted by molar-refractivity contribution is -0.151. The number of carbonyl (C=O) groups is 3. The molecular weight excluding hydrogens is 248 g/mol. The molecule has 1 rings (SSSR count). The number of nitrogens with zero attached hydrogens (tertiary/aromatic N) is 1. The van der Waals surface area contributed by atoms with E-state index in [0.717, 1.165) is 12.8 Å². The zero-order valence-electron chi connectivity index (χ0n) is 11.6. The largest absolute Gasteiger partial charge is 0.481 e. The molecule has 1 fully saturated rings. The summed E-state index contributed by atoms with van der Waals surface area (Å²) in [4.78, 5) is 36.1. The molecule has 6 heteroatoms. The maximum absolute atomic E-state index is 11.8. The summed E-state index contributed by atoms with van der Waals surface area (Å²) in [6, 6.07) is 0. The molecule has 1 aliphatic rings. The van der Waals surface area contributed by atoms with Crippen LogP contribution in [0.5, 0.6) is 0 Å². The number of carboxylic acids is 1. The smallest absolute Gasteiger partial charge is 0.310 e. The van der Waals surface area contributed by atoms with Gasteiger partial charge in [0.15, 0.2) is 0 Å². The van der Waals surface area contributed by atoms with E-state index in [9.17, 15) is 19.5 Å². The number of rotatable bonds is 6. The topological polar surface area (TPSA) is 86.7 Å². The minimum atomic E-state index is -0.927. The molecule has 6 nitrogen and oxygen atoms in total. The van der Waals surface area contributed by atoms with Gasteiger partial charge in [0.05, 0.1) is 12.0 Å². The quantitative estimate of drug-likeness (QED) is 0.740. The normalized spacial score (nSPS) is 16.9. The highest BCUT2D eigenvalue weighted by Crippen LogP contribution is 2.41. The van der Waals surface area contributed by atoms with Gasteiger partial charge >= 0.3 is 5.97 Å². The summed E-state index contributed by atoms with van der Waals surface area (Å²) in [5, 5.41) is 11.8. The van der Waals surface area contributed by atoms with Crippen molar-refractivity contribution in [3.05, 3.63) is 0 Å². The third kappa shape index (κ3) is 3.94. The third-order valence-electron chi connectivity index (χ3n) is 3.85. The zero-order valence-corrected chi connectivity index (χ0v) is 11.6. The van der Waals surface area contributed by atoms with Gasteiger partial charge < -0.3 is 15.3 Å². The van der Waals surface area contributed by atoms with Crippen molar-refractivity contribution in [2.75, 3.05) is 20.1 Å². The maximum atomic E-state index is 11.8. The highest BCUT2D eigenvalue weighted by Gasteiger charge is 2.42. The predicted molar refractivity (Wildman–Crippen MR) is 69.5 cm³/mol. The van der Waals surface area contributed by atoms with Crippen LogP contribution in [0, 0.1) is 5.41 Å². The van der Waals surface area contributed by atoms with Crippen molar-refractivity contribution in [1.29, 1.82) is 0 Å². The van der Waals surface area contributed by atoms with Gasteiger partial charge in [-0.05, 0) is 19.8 Å². The minimum absolute atomic E-state index is 0.0363. The molecule has 0 saturated heterocycles. The van der Waals surface area contributed by atoms with Crippen molar-refractivity contribution in [2.45, 2.75) is 39.0 Å². The lowest BCUT2D eigenvalue weighted by Crippen LogP contribution is -2.41. The van der Waals surface area contributed by atoms with E-state index in [1.807, 2.05) is 6.92 Å². The first-order valence-electron chi connectivity index (χ1n) is 6.65. The van der Waals surface area contributed by atoms with Gasteiger partial charge in [0.1, 0.15) is 0 Å². The fourth-order valence-electron chi connectivity index (χ4n) is 2.37. The highest BCUT2D eigenvalue weighted by atomic mass is 16.4. The molecule has 0 heterocycles. The Balaban J connectivity index is 2.46. The van der Waals surface area contributed by atoms with Gasteiger partial charge in [0.25, 0.3) is 0 Å². The van der Waals surface area contributed by atoms with Gasteiger partial charge in [0, 0.05) is 20.0 Å². The lowest BCUT2D eigenvalue weighted by atomic mass is 9.82. The van der Waals surface area contributed by atoms with Crippen LogP contribution in [0.4, 0.5) is 0 Å². The summed E-state index contributed by atoms with van der Waals surface area (Å²) in [5.74, 6) is -1.44. The van der Waals surface area contributed by atoms with E-state index in [1.165, 1.54) is 4.90 Å². The van der Waals surface area contributed by atoms with Crippen molar-refractivity contribution >= 4 is 17.8 Å². The average Bonchev–Trinajstić information content (AvgIpc) is 2.84. The number of hydrogen-bond acceptors (Lipinski definition) is 3. The molecule has 0 aromatic carbocycles. The molecule has 0 aromatic rings. The van der Waals surface area contributed by atoms with Crippen molar-refractivity contribution in [2.24, 2.45) is 5.41 Å². The Morgan fingerprint density at radius 1 is 1.26 bits per heavy atom. The number of aliphatic carboxylic acids is 1. The average molecular weight is 270 g/mol. The van der Waals surface area contributed by atoms with Crippen LogP contribution in [0.25, 0.3) is 0 Å². The summed E-state index contributed by atoms with van der Waals surface area (Å²) in [5.41, 5.74) is -0.927. The molecule has 0 spiro atoms. The van der Waals surface area contributed by atoms with Crippen LogP contribution in [0.3, 0.4) is 0 Å². The van der Waals surface area contributed by atoms with E-state index in [-0.39, 0.29) is 24.8 Å². The number of carbonyl (C=O) groups excluding carboxylic acids is 2. The summed E-state index contributed by atoms with van der Waals surface area (Å²) in [6.45, 7) is 2.35. The summed E-state index contributed by atoms with van der Waals surface area (Å²) in [7, 11) is 1.66. The molecule has 0 aliphatic heterocycles. The molecule has 2 amide bonds. The number of hydrogen-bond donors (Lipinski definition) is 2. The second kappa shape index (κ2) is 6.54. The Morgan fingerprint density at radius 3 is 2.32 bits per heavy atom. The summed E-state index contributed by atoms with van der Waals surface area (Å²) >= 11 is 0. The van der Waals surface area contributed by atoms with Crippen LogP contribution >= 0.6 is 0 Å². The maximum Gasteiger partial charge on any atom is 0.310 e. The van der Waals surface area contributed by atoms with E-state index < -0.39 is 11.4 Å². The van der Waals surface area contributed by atoms with E-state index in [1.54, 1.807) is 7.05 Å². The first kappa shape index (κ1) is 15.5. The second-order valence-electron chi connectivity index (χ2n) is 5.15. The molecule has 108 valence electrons. The molecule has 0 bridgehead atoms. The molecule has 1 aliphatic carbocycles. The Morgan fingerprint density at radius 2 is 1.84 bits per heavy atom. The van der Waals surface area contributed by atoms with E-state index in [2.05, 4.69) is 5.32 Å². The summed E-state index contributed by atoms with van der Waals surface area (Å²) < 4.78 is 0. The van der Waals surface area contributed by atoms with Gasteiger partial charge in [0.2, 0.25) is 11.8 Å². The van der Waals surface area contributed by atoms with Crippen molar-refractivity contribution in [3.63, 3.8) is 0 Å². The van der Waals surface area contributed by atoms with Crippen LogP contribution in [0.2, 0.25) is 0 Å². The Bertz CT molecular complexity index is 362. The molecular formula is C13H22N2O4. The number of nitrogens with one attached hydrogen (secondary N) is 1. The summed E-state index contributed by atoms with van der Waals surface area (Å²) in [6.07, 6.45) is 2.73. The van der Waals surface area contributed by atoms with Crippen LogP contribution in [0.15, 0.2) is 0 Å². The molecule has 19 heavy (non-hydrogen) atoms. The fourth-order valence-corrected chi connectivity index (χ4v) is 2.37. The van der Waals surface area contributed by atoms with Crippen molar-refractivity contribution in [3.8, 4) is 0 Å². The van der Waals surface area contributed by atoms with Gasteiger partial charge in [-0.2, -0.15) is 0 Å². The fraction of sp³-hybridized carbons (Fsp3) is 0.769. The highest BCUT2D eigenvalue weighted by molar-refractivity contribution is 5.88. The van der Waals surface area contributed by atoms with E-state index in [4.69, 9.17) is 0 Å². The van der Waals surface area contributed by atoms with Crippen LogP contribution in [0.1, 0.15) is 39.0 Å². The van der Waals surface area contributed by atoms with Gasteiger partial charge in [-0.25, -0.2) is 0 Å². The number of carboxylic acid groups (broad SMARTS) is 1. The standard InChI is InChI=1S/C13H22N2O4/c1-3-15(2)11(17)9-14-10(16)8-13(12(18)19)6-4-5-7-13/h3-9H2,1-2H3,(H,14,16)(H,18,19). The monoisotopic (exact) mass is 270 g/mol. The SMILES string of the molecule is CCN(C)C(=O)CNC(=O)CC1(C(=O)O)CCCC1. The van der Waals surface area contributed by atoms with E-state index in [0.29, 0.717) is 19.4 Å². The molecule has 1 saturated carbocycles. The molecule has 0 atom stereocenters. The molecule has 0 unspecified atom stereocenters. The zero-order chi connectivity index (χ0) is 14.5. The molecule has 2 N–H and O–H groups in total. The minimum Gasteiger partial charge on any atom is -0.481 e. The Kier molecular flexibility index (Phi) is 5.32. The van der Waals surface area contributed by atoms with Gasteiger partial charge in [-0.1, -0.05) is 12.8 Å². The van der Waals surface area contributed by atoms with Gasteiger partial charge in [-0.3, -0.25) is 14.4 Å².